The average Bonchev–Trinajstić information content (AvgIpc) is 2.20. The molecule has 0 aromatic carbocycles. The van der Waals surface area contributed by atoms with E-state index in [-0.39, 0.29) is 0 Å². The molecule has 74 valence electrons. The van der Waals surface area contributed by atoms with Crippen LogP contribution in [0.25, 0.3) is 0 Å². The lowest BCUT2D eigenvalue weighted by molar-refractivity contribution is 1.21. The SMILES string of the molecule is C#CCSCCNc1ccncc1N. The summed E-state index contributed by atoms with van der Waals surface area (Å²) in [5, 5.41) is 3.22. The molecule has 14 heavy (non-hydrogen) atoms. The van der Waals surface area contributed by atoms with Crippen molar-refractivity contribution in [1.29, 1.82) is 0 Å². The van der Waals surface area contributed by atoms with Crippen molar-refractivity contribution < 1.29 is 0 Å². The second-order valence-electron chi connectivity index (χ2n) is 2.65. The Labute approximate surface area is 88.5 Å². The minimum Gasteiger partial charge on any atom is -0.396 e. The molecule has 0 atom stereocenters. The maximum Gasteiger partial charge on any atom is 0.0736 e. The fourth-order valence-corrected chi connectivity index (χ4v) is 1.47. The van der Waals surface area contributed by atoms with Gasteiger partial charge in [-0.1, -0.05) is 5.92 Å². The Bertz CT molecular complexity index is 319. The Morgan fingerprint density at radius 1 is 1.64 bits per heavy atom. The molecular formula is C10H13N3S. The molecule has 0 saturated carbocycles. The van der Waals surface area contributed by atoms with Gasteiger partial charge in [-0.2, -0.15) is 0 Å². The minimum absolute atomic E-state index is 0.675. The zero-order valence-corrected chi connectivity index (χ0v) is 8.68. The predicted molar refractivity (Wildman–Crippen MR) is 63.3 cm³/mol. The molecule has 1 aromatic rings. The van der Waals surface area contributed by atoms with Gasteiger partial charge < -0.3 is 11.1 Å². The van der Waals surface area contributed by atoms with Crippen molar-refractivity contribution in [3.05, 3.63) is 18.5 Å². The number of nitrogens with zero attached hydrogens (tertiary/aromatic N) is 1. The summed E-state index contributed by atoms with van der Waals surface area (Å²) in [6, 6.07) is 1.86. The number of nitrogen functional groups attached to an aromatic ring is 1. The molecule has 0 fully saturated rings. The van der Waals surface area contributed by atoms with E-state index < -0.39 is 0 Å². The molecule has 0 spiro atoms. The van der Waals surface area contributed by atoms with E-state index in [4.69, 9.17) is 12.2 Å². The fourth-order valence-electron chi connectivity index (χ4n) is 0.957. The molecule has 3 nitrogen and oxygen atoms in total. The van der Waals surface area contributed by atoms with Gasteiger partial charge in [0.25, 0.3) is 0 Å². The lowest BCUT2D eigenvalue weighted by Crippen LogP contribution is -2.06. The highest BCUT2D eigenvalue weighted by Crippen LogP contribution is 2.14. The molecule has 0 aliphatic carbocycles. The number of hydrogen-bond donors (Lipinski definition) is 2. The molecule has 0 aliphatic rings. The number of thioether (sulfide) groups is 1. The van der Waals surface area contributed by atoms with Gasteiger partial charge in [0.05, 0.1) is 23.3 Å². The zero-order valence-electron chi connectivity index (χ0n) is 7.86. The molecular weight excluding hydrogens is 194 g/mol. The average molecular weight is 207 g/mol. The number of hydrogen-bond acceptors (Lipinski definition) is 4. The summed E-state index contributed by atoms with van der Waals surface area (Å²) in [7, 11) is 0. The van der Waals surface area contributed by atoms with E-state index in [0.717, 1.165) is 23.7 Å². The topological polar surface area (TPSA) is 50.9 Å². The van der Waals surface area contributed by atoms with Crippen LogP contribution in [-0.4, -0.2) is 23.0 Å². The van der Waals surface area contributed by atoms with Crippen LogP contribution >= 0.6 is 11.8 Å². The Morgan fingerprint density at radius 3 is 3.21 bits per heavy atom. The van der Waals surface area contributed by atoms with Crippen molar-refractivity contribution >= 4 is 23.1 Å². The highest BCUT2D eigenvalue weighted by Gasteiger charge is 1.95. The highest BCUT2D eigenvalue weighted by atomic mass is 32.2. The van der Waals surface area contributed by atoms with Gasteiger partial charge in [0.15, 0.2) is 0 Å². The highest BCUT2D eigenvalue weighted by molar-refractivity contribution is 7.99. The van der Waals surface area contributed by atoms with Crippen LogP contribution < -0.4 is 11.1 Å². The van der Waals surface area contributed by atoms with Crippen LogP contribution in [0.3, 0.4) is 0 Å². The molecule has 0 radical (unpaired) electrons. The van der Waals surface area contributed by atoms with Gasteiger partial charge >= 0.3 is 0 Å². The molecule has 0 aliphatic heterocycles. The molecule has 0 unspecified atom stereocenters. The molecule has 1 heterocycles. The second-order valence-corrected chi connectivity index (χ2v) is 3.75. The number of aromatic nitrogens is 1. The third-order valence-corrected chi connectivity index (χ3v) is 2.46. The van der Waals surface area contributed by atoms with E-state index in [1.165, 1.54) is 0 Å². The Morgan fingerprint density at radius 2 is 2.50 bits per heavy atom. The number of anilines is 2. The van der Waals surface area contributed by atoms with Crippen LogP contribution in [0.5, 0.6) is 0 Å². The van der Waals surface area contributed by atoms with Crippen LogP contribution in [0.2, 0.25) is 0 Å². The first kappa shape index (κ1) is 10.7. The van der Waals surface area contributed by atoms with Crippen LogP contribution in [0.4, 0.5) is 11.4 Å². The van der Waals surface area contributed by atoms with Crippen LogP contribution in [0.15, 0.2) is 18.5 Å². The molecule has 4 heteroatoms. The summed E-state index contributed by atoms with van der Waals surface area (Å²) in [5.74, 6) is 4.31. The first-order valence-electron chi connectivity index (χ1n) is 4.29. The van der Waals surface area contributed by atoms with E-state index >= 15 is 0 Å². The van der Waals surface area contributed by atoms with E-state index in [0.29, 0.717) is 5.69 Å². The van der Waals surface area contributed by atoms with Gasteiger partial charge in [-0.05, 0) is 6.07 Å². The molecule has 3 N–H and O–H groups in total. The summed E-state index contributed by atoms with van der Waals surface area (Å²) in [6.45, 7) is 0.862. The molecule has 1 rings (SSSR count). The first-order chi connectivity index (χ1) is 6.84. The maximum absolute atomic E-state index is 5.70. The van der Waals surface area contributed by atoms with Gasteiger partial charge in [-0.15, -0.1) is 18.2 Å². The lowest BCUT2D eigenvalue weighted by atomic mass is 10.3. The number of nitrogens with one attached hydrogen (secondary N) is 1. The van der Waals surface area contributed by atoms with Crippen molar-refractivity contribution in [3.8, 4) is 12.3 Å². The summed E-state index contributed by atoms with van der Waals surface area (Å²) >= 11 is 1.72. The Kier molecular flexibility index (Phi) is 4.73. The normalized spacial score (nSPS) is 9.36. The monoisotopic (exact) mass is 207 g/mol. The standard InChI is InChI=1S/C10H13N3S/c1-2-6-14-7-5-13-10-3-4-12-8-9(10)11/h1,3-4,8H,5-7,11H2,(H,12,13). The van der Waals surface area contributed by atoms with E-state index in [9.17, 15) is 0 Å². The number of pyridine rings is 1. The number of rotatable bonds is 5. The Hall–Kier alpha value is -1.34. The smallest absolute Gasteiger partial charge is 0.0736 e. The van der Waals surface area contributed by atoms with Gasteiger partial charge in [0, 0.05) is 18.5 Å². The van der Waals surface area contributed by atoms with E-state index in [2.05, 4.69) is 16.2 Å². The van der Waals surface area contributed by atoms with Gasteiger partial charge in [-0.25, -0.2) is 0 Å². The van der Waals surface area contributed by atoms with E-state index in [1.807, 2.05) is 6.07 Å². The fraction of sp³-hybridized carbons (Fsp3) is 0.300. The minimum atomic E-state index is 0.675. The van der Waals surface area contributed by atoms with Crippen molar-refractivity contribution in [2.45, 2.75) is 0 Å². The number of nitrogens with two attached hydrogens (primary N) is 1. The van der Waals surface area contributed by atoms with Gasteiger partial charge in [0.2, 0.25) is 0 Å². The third-order valence-electron chi connectivity index (χ3n) is 1.60. The molecule has 0 saturated heterocycles. The van der Waals surface area contributed by atoms with E-state index in [1.54, 1.807) is 24.2 Å². The maximum atomic E-state index is 5.70. The molecule has 1 aromatic heterocycles. The summed E-state index contributed by atoms with van der Waals surface area (Å²) in [4.78, 5) is 3.91. The lowest BCUT2D eigenvalue weighted by Gasteiger charge is -2.07. The third kappa shape index (κ3) is 3.58. The van der Waals surface area contributed by atoms with Gasteiger partial charge in [-0.3, -0.25) is 4.98 Å². The molecule has 0 amide bonds. The summed E-state index contributed by atoms with van der Waals surface area (Å²) in [5.41, 5.74) is 7.30. The number of terminal acetylenes is 1. The molecule has 0 bridgehead atoms. The van der Waals surface area contributed by atoms with Crippen LogP contribution in [0, 0.1) is 12.3 Å². The quantitative estimate of drug-likeness (QED) is 0.566. The van der Waals surface area contributed by atoms with Crippen molar-refractivity contribution in [3.63, 3.8) is 0 Å². The van der Waals surface area contributed by atoms with Crippen molar-refractivity contribution in [1.82, 2.24) is 4.98 Å². The van der Waals surface area contributed by atoms with Crippen molar-refractivity contribution in [2.75, 3.05) is 29.1 Å². The Balaban J connectivity index is 2.25. The summed E-state index contributed by atoms with van der Waals surface area (Å²) < 4.78 is 0. The largest absolute Gasteiger partial charge is 0.396 e. The summed E-state index contributed by atoms with van der Waals surface area (Å²) in [6.07, 6.45) is 8.48. The van der Waals surface area contributed by atoms with Crippen LogP contribution in [0.1, 0.15) is 0 Å². The van der Waals surface area contributed by atoms with Gasteiger partial charge in [0.1, 0.15) is 0 Å². The zero-order chi connectivity index (χ0) is 10.2. The van der Waals surface area contributed by atoms with Crippen molar-refractivity contribution in [2.24, 2.45) is 0 Å². The first-order valence-corrected chi connectivity index (χ1v) is 5.44. The predicted octanol–water partition coefficient (Wildman–Crippen LogP) is 1.44. The second kappa shape index (κ2) is 6.17. The van der Waals surface area contributed by atoms with Crippen LogP contribution in [-0.2, 0) is 0 Å².